The highest BCUT2D eigenvalue weighted by molar-refractivity contribution is 5.90. The van der Waals surface area contributed by atoms with Gasteiger partial charge in [-0.2, -0.15) is 0 Å². The van der Waals surface area contributed by atoms with Crippen molar-refractivity contribution in [2.24, 2.45) is 0 Å². The van der Waals surface area contributed by atoms with Gasteiger partial charge >= 0.3 is 5.97 Å². The molecule has 0 aromatic heterocycles. The largest absolute Gasteiger partial charge is 0.457 e. The smallest absolute Gasteiger partial charge is 0.338 e. The number of esters is 1. The van der Waals surface area contributed by atoms with E-state index < -0.39 is 0 Å². The van der Waals surface area contributed by atoms with Gasteiger partial charge in [-0.1, -0.05) is 6.07 Å². The second kappa shape index (κ2) is 6.12. The second-order valence-electron chi connectivity index (χ2n) is 3.50. The number of rotatable bonds is 5. The average molecular weight is 223 g/mol. The van der Waals surface area contributed by atoms with Crippen molar-refractivity contribution in [2.45, 2.75) is 20.0 Å². The van der Waals surface area contributed by atoms with Crippen molar-refractivity contribution < 1.29 is 14.3 Å². The van der Waals surface area contributed by atoms with Gasteiger partial charge in [-0.3, -0.25) is 0 Å². The minimum absolute atomic E-state index is 0.256. The van der Waals surface area contributed by atoms with Gasteiger partial charge in [0.2, 0.25) is 0 Å². The quantitative estimate of drug-likeness (QED) is 0.611. The van der Waals surface area contributed by atoms with Gasteiger partial charge in [0.1, 0.15) is 6.10 Å². The second-order valence-corrected chi connectivity index (χ2v) is 3.50. The Morgan fingerprint density at radius 2 is 2.25 bits per heavy atom. The van der Waals surface area contributed by atoms with Crippen LogP contribution in [0.25, 0.3) is 0 Å². The number of carbonyl (C=O) groups excluding carboxylic acids is 1. The summed E-state index contributed by atoms with van der Waals surface area (Å²) in [5.41, 5.74) is 6.58. The first-order valence-electron chi connectivity index (χ1n) is 5.27. The fourth-order valence-corrected chi connectivity index (χ4v) is 1.23. The normalized spacial score (nSPS) is 12.1. The summed E-state index contributed by atoms with van der Waals surface area (Å²) in [5, 5.41) is 0. The Labute approximate surface area is 95.3 Å². The highest BCUT2D eigenvalue weighted by Crippen LogP contribution is 2.09. The SMILES string of the molecule is CCOCC(C)OC(=O)c1cccc(N)c1. The van der Waals surface area contributed by atoms with E-state index in [1.807, 2.05) is 6.92 Å². The zero-order valence-corrected chi connectivity index (χ0v) is 9.60. The molecule has 16 heavy (non-hydrogen) atoms. The number of anilines is 1. The summed E-state index contributed by atoms with van der Waals surface area (Å²) in [7, 11) is 0. The maximum absolute atomic E-state index is 11.6. The number of nitrogen functional groups attached to an aromatic ring is 1. The maximum atomic E-state index is 11.6. The van der Waals surface area contributed by atoms with Gasteiger partial charge in [0, 0.05) is 12.3 Å². The molecule has 2 N–H and O–H groups in total. The number of ether oxygens (including phenoxy) is 2. The minimum atomic E-state index is -0.375. The molecule has 0 bridgehead atoms. The van der Waals surface area contributed by atoms with Gasteiger partial charge < -0.3 is 15.2 Å². The van der Waals surface area contributed by atoms with Gasteiger partial charge in [-0.15, -0.1) is 0 Å². The third-order valence-corrected chi connectivity index (χ3v) is 1.99. The van der Waals surface area contributed by atoms with E-state index in [2.05, 4.69) is 0 Å². The van der Waals surface area contributed by atoms with Crippen LogP contribution in [-0.2, 0) is 9.47 Å². The summed E-state index contributed by atoms with van der Waals surface area (Å²) in [6, 6.07) is 6.71. The lowest BCUT2D eigenvalue weighted by Crippen LogP contribution is -2.20. The summed E-state index contributed by atoms with van der Waals surface area (Å²) < 4.78 is 10.3. The number of hydrogen-bond acceptors (Lipinski definition) is 4. The zero-order chi connectivity index (χ0) is 12.0. The Morgan fingerprint density at radius 1 is 1.50 bits per heavy atom. The summed E-state index contributed by atoms with van der Waals surface area (Å²) in [6.45, 7) is 4.71. The molecular weight excluding hydrogens is 206 g/mol. The van der Waals surface area contributed by atoms with E-state index in [9.17, 15) is 4.79 Å². The molecule has 1 rings (SSSR count). The van der Waals surface area contributed by atoms with Crippen LogP contribution in [0, 0.1) is 0 Å². The van der Waals surface area contributed by atoms with E-state index in [-0.39, 0.29) is 12.1 Å². The molecule has 0 amide bonds. The molecule has 0 fully saturated rings. The van der Waals surface area contributed by atoms with Crippen LogP contribution in [0.15, 0.2) is 24.3 Å². The fraction of sp³-hybridized carbons (Fsp3) is 0.417. The maximum Gasteiger partial charge on any atom is 0.338 e. The molecule has 1 atom stereocenters. The van der Waals surface area contributed by atoms with E-state index >= 15 is 0 Å². The monoisotopic (exact) mass is 223 g/mol. The first-order chi connectivity index (χ1) is 7.63. The van der Waals surface area contributed by atoms with Gasteiger partial charge in [-0.05, 0) is 32.0 Å². The summed E-state index contributed by atoms with van der Waals surface area (Å²) in [6.07, 6.45) is -0.256. The third kappa shape index (κ3) is 3.90. The van der Waals surface area contributed by atoms with Crippen LogP contribution in [0.5, 0.6) is 0 Å². The molecule has 0 saturated carbocycles. The van der Waals surface area contributed by atoms with E-state index in [4.69, 9.17) is 15.2 Å². The number of hydrogen-bond donors (Lipinski definition) is 1. The van der Waals surface area contributed by atoms with Crippen LogP contribution in [0.4, 0.5) is 5.69 Å². The van der Waals surface area contributed by atoms with E-state index in [0.29, 0.717) is 24.5 Å². The van der Waals surface area contributed by atoms with Gasteiger partial charge in [0.25, 0.3) is 0 Å². The molecule has 0 radical (unpaired) electrons. The van der Waals surface area contributed by atoms with Crippen molar-refractivity contribution in [2.75, 3.05) is 18.9 Å². The van der Waals surface area contributed by atoms with Gasteiger partial charge in [0.05, 0.1) is 12.2 Å². The van der Waals surface area contributed by atoms with Crippen molar-refractivity contribution in [3.63, 3.8) is 0 Å². The Hall–Kier alpha value is -1.55. The molecule has 0 aliphatic heterocycles. The van der Waals surface area contributed by atoms with Crippen LogP contribution in [0.1, 0.15) is 24.2 Å². The lowest BCUT2D eigenvalue weighted by Gasteiger charge is -2.13. The number of nitrogens with two attached hydrogens (primary N) is 1. The first-order valence-corrected chi connectivity index (χ1v) is 5.27. The molecule has 0 heterocycles. The molecule has 4 heteroatoms. The first kappa shape index (κ1) is 12.5. The minimum Gasteiger partial charge on any atom is -0.457 e. The van der Waals surface area contributed by atoms with Gasteiger partial charge in [-0.25, -0.2) is 4.79 Å². The Balaban J connectivity index is 2.52. The highest BCUT2D eigenvalue weighted by atomic mass is 16.6. The summed E-state index contributed by atoms with van der Waals surface area (Å²) in [5.74, 6) is -0.375. The molecule has 1 unspecified atom stereocenters. The molecule has 4 nitrogen and oxygen atoms in total. The van der Waals surface area contributed by atoms with Crippen molar-refractivity contribution in [1.82, 2.24) is 0 Å². The molecule has 1 aromatic carbocycles. The fourth-order valence-electron chi connectivity index (χ4n) is 1.23. The Morgan fingerprint density at radius 3 is 2.88 bits per heavy atom. The Bertz CT molecular complexity index is 352. The molecular formula is C12H17NO3. The predicted molar refractivity (Wildman–Crippen MR) is 62.2 cm³/mol. The predicted octanol–water partition coefficient (Wildman–Crippen LogP) is 1.85. The van der Waals surface area contributed by atoms with Crippen LogP contribution in [-0.4, -0.2) is 25.3 Å². The average Bonchev–Trinajstić information content (AvgIpc) is 2.26. The van der Waals surface area contributed by atoms with Crippen molar-refractivity contribution in [3.05, 3.63) is 29.8 Å². The van der Waals surface area contributed by atoms with Crippen molar-refractivity contribution in [1.29, 1.82) is 0 Å². The lowest BCUT2D eigenvalue weighted by atomic mass is 10.2. The molecule has 0 aliphatic carbocycles. The molecule has 0 saturated heterocycles. The standard InChI is InChI=1S/C12H17NO3/c1-3-15-8-9(2)16-12(14)10-5-4-6-11(13)7-10/h4-7,9H,3,8,13H2,1-2H3. The van der Waals surface area contributed by atoms with Crippen molar-refractivity contribution in [3.8, 4) is 0 Å². The van der Waals surface area contributed by atoms with Gasteiger partial charge in [0.15, 0.2) is 0 Å². The molecule has 1 aromatic rings. The third-order valence-electron chi connectivity index (χ3n) is 1.99. The molecule has 88 valence electrons. The molecule has 0 spiro atoms. The summed E-state index contributed by atoms with van der Waals surface area (Å²) in [4.78, 5) is 11.6. The van der Waals surface area contributed by atoms with Crippen LogP contribution < -0.4 is 5.73 Å². The highest BCUT2D eigenvalue weighted by Gasteiger charge is 2.11. The summed E-state index contributed by atoms with van der Waals surface area (Å²) >= 11 is 0. The Kier molecular flexibility index (Phi) is 4.79. The molecule has 0 aliphatic rings. The van der Waals surface area contributed by atoms with Crippen LogP contribution in [0.2, 0.25) is 0 Å². The number of benzene rings is 1. The van der Waals surface area contributed by atoms with Crippen LogP contribution in [0.3, 0.4) is 0 Å². The van der Waals surface area contributed by atoms with E-state index in [1.165, 1.54) is 0 Å². The number of carbonyl (C=O) groups is 1. The van der Waals surface area contributed by atoms with Crippen LogP contribution >= 0.6 is 0 Å². The lowest BCUT2D eigenvalue weighted by molar-refractivity contribution is 0.00440. The topological polar surface area (TPSA) is 61.5 Å². The van der Waals surface area contributed by atoms with E-state index in [0.717, 1.165) is 0 Å². The van der Waals surface area contributed by atoms with E-state index in [1.54, 1.807) is 31.2 Å². The zero-order valence-electron chi connectivity index (χ0n) is 9.60. The van der Waals surface area contributed by atoms with Crippen molar-refractivity contribution >= 4 is 11.7 Å².